The number of hydrogen-bond acceptors (Lipinski definition) is 6. The van der Waals surface area contributed by atoms with Crippen LogP contribution in [0.15, 0.2) is 42.5 Å². The van der Waals surface area contributed by atoms with Gasteiger partial charge in [-0.15, -0.1) is 0 Å². The summed E-state index contributed by atoms with van der Waals surface area (Å²) in [5.74, 6) is -2.27. The van der Waals surface area contributed by atoms with Crippen molar-refractivity contribution in [3.63, 3.8) is 0 Å². The number of aliphatic carboxylic acids is 1. The molecule has 0 bridgehead atoms. The molecule has 1 aliphatic carbocycles. The lowest BCUT2D eigenvalue weighted by molar-refractivity contribution is -0.139. The summed E-state index contributed by atoms with van der Waals surface area (Å²) >= 11 is 0. The number of carbonyl (C=O) groups excluding carboxylic acids is 2. The number of carbonyl (C=O) groups is 3. The van der Waals surface area contributed by atoms with Crippen LogP contribution in [0.4, 0.5) is 11.4 Å². The number of carboxylic acid groups (broad SMARTS) is 1. The maximum absolute atomic E-state index is 12.2. The van der Waals surface area contributed by atoms with E-state index in [-0.39, 0.29) is 34.8 Å². The van der Waals surface area contributed by atoms with Crippen molar-refractivity contribution in [2.24, 2.45) is 5.92 Å². The number of phenolic OH excluding ortho intramolecular Hbond substituents is 2. The normalized spacial score (nSPS) is 13.1. The maximum Gasteiger partial charge on any atom is 0.341 e. The minimum Gasteiger partial charge on any atom is -0.504 e. The third-order valence-electron chi connectivity index (χ3n) is 4.23. The van der Waals surface area contributed by atoms with E-state index < -0.39 is 18.5 Å². The van der Waals surface area contributed by atoms with Gasteiger partial charge in [0.2, 0.25) is 11.8 Å². The van der Waals surface area contributed by atoms with Crippen molar-refractivity contribution in [2.75, 3.05) is 17.2 Å². The molecule has 9 nitrogen and oxygen atoms in total. The summed E-state index contributed by atoms with van der Waals surface area (Å²) in [6.07, 6.45) is 4.29. The van der Waals surface area contributed by atoms with Crippen molar-refractivity contribution < 1.29 is 34.4 Å². The smallest absolute Gasteiger partial charge is 0.341 e. The lowest BCUT2D eigenvalue weighted by Gasteiger charge is -2.13. The summed E-state index contributed by atoms with van der Waals surface area (Å²) < 4.78 is 5.20. The van der Waals surface area contributed by atoms with E-state index in [2.05, 4.69) is 10.6 Å². The molecule has 1 saturated carbocycles. The Morgan fingerprint density at radius 1 is 1.03 bits per heavy atom. The summed E-state index contributed by atoms with van der Waals surface area (Å²) in [4.78, 5) is 35.0. The van der Waals surface area contributed by atoms with Crippen LogP contribution in [0.25, 0.3) is 6.08 Å². The van der Waals surface area contributed by atoms with Gasteiger partial charge in [0.25, 0.3) is 0 Å². The van der Waals surface area contributed by atoms with Crippen molar-refractivity contribution in [1.82, 2.24) is 0 Å². The van der Waals surface area contributed by atoms with Crippen LogP contribution < -0.4 is 15.4 Å². The molecule has 0 aromatic heterocycles. The van der Waals surface area contributed by atoms with Crippen LogP contribution in [0, 0.1) is 5.92 Å². The number of carboxylic acids is 1. The third kappa shape index (κ3) is 5.74. The van der Waals surface area contributed by atoms with Crippen LogP contribution in [0.3, 0.4) is 0 Å². The van der Waals surface area contributed by atoms with Crippen LogP contribution >= 0.6 is 0 Å². The Labute approximate surface area is 171 Å². The fourth-order valence-electron chi connectivity index (χ4n) is 2.55. The van der Waals surface area contributed by atoms with Gasteiger partial charge in [0.1, 0.15) is 5.75 Å². The molecular weight excluding hydrogens is 392 g/mol. The number of amides is 2. The Morgan fingerprint density at radius 2 is 1.80 bits per heavy atom. The predicted molar refractivity (Wildman–Crippen MR) is 108 cm³/mol. The number of hydrogen-bond donors (Lipinski definition) is 5. The number of aromatic hydroxyl groups is 2. The van der Waals surface area contributed by atoms with Crippen molar-refractivity contribution >= 4 is 35.2 Å². The van der Waals surface area contributed by atoms with Gasteiger partial charge in [-0.3, -0.25) is 9.59 Å². The fraction of sp³-hybridized carbons (Fsp3) is 0.190. The van der Waals surface area contributed by atoms with Gasteiger partial charge >= 0.3 is 5.97 Å². The first kappa shape index (κ1) is 20.7. The van der Waals surface area contributed by atoms with Crippen LogP contribution in [0.5, 0.6) is 17.2 Å². The van der Waals surface area contributed by atoms with Gasteiger partial charge in [0.15, 0.2) is 18.1 Å². The molecule has 2 aromatic carbocycles. The van der Waals surface area contributed by atoms with E-state index >= 15 is 0 Å². The minimum absolute atomic E-state index is 0.0692. The summed E-state index contributed by atoms with van der Waals surface area (Å²) in [7, 11) is 0. The van der Waals surface area contributed by atoms with Gasteiger partial charge < -0.3 is 30.7 Å². The Bertz CT molecular complexity index is 1010. The highest BCUT2D eigenvalue weighted by molar-refractivity contribution is 6.03. The Kier molecular flexibility index (Phi) is 6.21. The van der Waals surface area contributed by atoms with E-state index in [4.69, 9.17) is 9.84 Å². The predicted octanol–water partition coefficient (Wildman–Crippen LogP) is 2.56. The molecule has 1 fully saturated rings. The second-order valence-electron chi connectivity index (χ2n) is 6.73. The molecule has 2 amide bonds. The van der Waals surface area contributed by atoms with Gasteiger partial charge in [0.05, 0.1) is 5.69 Å². The zero-order valence-corrected chi connectivity index (χ0v) is 15.8. The monoisotopic (exact) mass is 412 g/mol. The average Bonchev–Trinajstić information content (AvgIpc) is 3.53. The molecule has 0 spiro atoms. The van der Waals surface area contributed by atoms with Crippen molar-refractivity contribution in [3.05, 3.63) is 48.0 Å². The van der Waals surface area contributed by atoms with E-state index in [1.54, 1.807) is 0 Å². The highest BCUT2D eigenvalue weighted by Gasteiger charge is 2.30. The van der Waals surface area contributed by atoms with Crippen molar-refractivity contribution in [3.8, 4) is 17.2 Å². The largest absolute Gasteiger partial charge is 0.504 e. The fourth-order valence-corrected chi connectivity index (χ4v) is 2.55. The molecule has 0 unspecified atom stereocenters. The molecule has 9 heteroatoms. The third-order valence-corrected chi connectivity index (χ3v) is 4.23. The molecule has 0 atom stereocenters. The number of phenols is 2. The van der Waals surface area contributed by atoms with Crippen LogP contribution in [-0.4, -0.2) is 39.7 Å². The summed E-state index contributed by atoms with van der Waals surface area (Å²) in [5.41, 5.74) is 1.14. The topological polar surface area (TPSA) is 145 Å². The number of anilines is 2. The van der Waals surface area contributed by atoms with E-state index in [0.717, 1.165) is 12.8 Å². The minimum atomic E-state index is -1.16. The van der Waals surface area contributed by atoms with Crippen LogP contribution in [0.1, 0.15) is 18.4 Å². The first-order valence-electron chi connectivity index (χ1n) is 9.12. The van der Waals surface area contributed by atoms with Crippen LogP contribution in [0.2, 0.25) is 0 Å². The Balaban J connectivity index is 1.71. The lowest BCUT2D eigenvalue weighted by Crippen LogP contribution is -2.16. The lowest BCUT2D eigenvalue weighted by atomic mass is 10.2. The summed E-state index contributed by atoms with van der Waals surface area (Å²) in [5, 5.41) is 32.9. The molecule has 1 aliphatic rings. The number of ether oxygens (including phenoxy) is 1. The first-order valence-corrected chi connectivity index (χ1v) is 9.12. The number of nitrogens with one attached hydrogen (secondary N) is 2. The van der Waals surface area contributed by atoms with Crippen molar-refractivity contribution in [2.45, 2.75) is 12.8 Å². The second kappa shape index (κ2) is 8.99. The van der Waals surface area contributed by atoms with E-state index in [1.165, 1.54) is 48.6 Å². The first-order chi connectivity index (χ1) is 14.3. The van der Waals surface area contributed by atoms with Crippen molar-refractivity contribution in [1.29, 1.82) is 0 Å². The van der Waals surface area contributed by atoms with Crippen LogP contribution in [-0.2, 0) is 14.4 Å². The standard InChI is InChI=1S/C21H20N2O7/c24-16-6-1-12(9-17(16)25)2-8-19(26)22-14-5-7-18(30-11-20(27)28)15(10-14)23-21(29)13-3-4-13/h1-2,5-10,13,24-25H,3-4,11H2,(H,22,26)(H,23,29)(H,27,28)/b8-2+. The molecule has 0 saturated heterocycles. The molecule has 0 aliphatic heterocycles. The highest BCUT2D eigenvalue weighted by atomic mass is 16.5. The van der Waals surface area contributed by atoms with E-state index in [9.17, 15) is 24.6 Å². The van der Waals surface area contributed by atoms with Gasteiger partial charge in [-0.05, 0) is 54.8 Å². The van der Waals surface area contributed by atoms with Gasteiger partial charge in [0, 0.05) is 17.7 Å². The summed E-state index contributed by atoms with van der Waals surface area (Å²) in [6, 6.07) is 8.59. The second-order valence-corrected chi connectivity index (χ2v) is 6.73. The Morgan fingerprint density at radius 3 is 2.47 bits per heavy atom. The molecule has 5 N–H and O–H groups in total. The average molecular weight is 412 g/mol. The molecule has 156 valence electrons. The quantitative estimate of drug-likeness (QED) is 0.331. The molecule has 0 heterocycles. The number of rotatable bonds is 8. The van der Waals surface area contributed by atoms with Gasteiger partial charge in [-0.25, -0.2) is 4.79 Å². The highest BCUT2D eigenvalue weighted by Crippen LogP contribution is 2.33. The Hall–Kier alpha value is -4.01. The zero-order chi connectivity index (χ0) is 21.7. The summed E-state index contributed by atoms with van der Waals surface area (Å²) in [6.45, 7) is -0.569. The van der Waals surface area contributed by atoms with Gasteiger partial charge in [-0.2, -0.15) is 0 Å². The molecule has 30 heavy (non-hydrogen) atoms. The number of benzene rings is 2. The zero-order valence-electron chi connectivity index (χ0n) is 15.8. The molecule has 2 aromatic rings. The maximum atomic E-state index is 12.2. The molecular formula is C21H20N2O7. The van der Waals surface area contributed by atoms with E-state index in [1.807, 2.05) is 0 Å². The van der Waals surface area contributed by atoms with E-state index in [0.29, 0.717) is 11.3 Å². The SMILES string of the molecule is O=C(O)COc1ccc(NC(=O)/C=C/c2ccc(O)c(O)c2)cc1NC(=O)C1CC1. The molecule has 0 radical (unpaired) electrons. The van der Waals surface area contributed by atoms with Gasteiger partial charge in [-0.1, -0.05) is 6.07 Å². The molecule has 3 rings (SSSR count).